The van der Waals surface area contributed by atoms with Crippen molar-refractivity contribution in [2.75, 3.05) is 26.4 Å². The molecule has 29 heavy (non-hydrogen) atoms. The zero-order valence-corrected chi connectivity index (χ0v) is 17.7. The van der Waals surface area contributed by atoms with E-state index in [1.165, 1.54) is 30.2 Å². The smallest absolute Gasteiger partial charge is 0.126 e. The van der Waals surface area contributed by atoms with Crippen molar-refractivity contribution in [2.24, 2.45) is 0 Å². The zero-order chi connectivity index (χ0) is 19.7. The van der Waals surface area contributed by atoms with E-state index in [1.807, 2.05) is 11.3 Å². The summed E-state index contributed by atoms with van der Waals surface area (Å²) in [6, 6.07) is 3.06. The molecule has 6 heteroatoms. The van der Waals surface area contributed by atoms with Crippen LogP contribution in [0, 0.1) is 5.82 Å². The third-order valence-electron chi connectivity index (χ3n) is 6.99. The van der Waals surface area contributed by atoms with Crippen LogP contribution in [-0.2, 0) is 34.3 Å². The number of aryl methyl sites for hydroxylation is 1. The van der Waals surface area contributed by atoms with E-state index in [4.69, 9.17) is 9.47 Å². The van der Waals surface area contributed by atoms with Gasteiger partial charge in [0, 0.05) is 48.4 Å². The van der Waals surface area contributed by atoms with Gasteiger partial charge < -0.3 is 14.8 Å². The summed E-state index contributed by atoms with van der Waals surface area (Å²) in [5.41, 5.74) is 3.60. The Bertz CT molecular complexity index is 864. The molecule has 2 saturated heterocycles. The van der Waals surface area contributed by atoms with Crippen LogP contribution >= 0.6 is 11.3 Å². The number of aromatic nitrogens is 1. The van der Waals surface area contributed by atoms with Gasteiger partial charge in [-0.3, -0.25) is 4.98 Å². The standard InChI is InChI=1S/C23H29FN2O2S/c24-18-4-8-26-21(12-18)22(6-11-28-23(15-22)7-10-27-16-23)5-9-25-13-20-19-3-1-2-17(19)14-29-20/h4,8,12,14,25H,1-3,5-7,9-11,13,15-16H2. The summed E-state index contributed by atoms with van der Waals surface area (Å²) >= 11 is 1.89. The Morgan fingerprint density at radius 3 is 3.07 bits per heavy atom. The second-order valence-electron chi connectivity index (χ2n) is 8.84. The van der Waals surface area contributed by atoms with E-state index in [2.05, 4.69) is 15.7 Å². The van der Waals surface area contributed by atoms with Crippen LogP contribution in [0.4, 0.5) is 4.39 Å². The molecule has 4 nitrogen and oxygen atoms in total. The molecule has 156 valence electrons. The first-order chi connectivity index (χ1) is 14.2. The summed E-state index contributed by atoms with van der Waals surface area (Å²) in [5.74, 6) is -0.209. The fourth-order valence-electron chi connectivity index (χ4n) is 5.42. The number of pyridine rings is 1. The largest absolute Gasteiger partial charge is 0.378 e. The van der Waals surface area contributed by atoms with E-state index in [9.17, 15) is 4.39 Å². The van der Waals surface area contributed by atoms with E-state index < -0.39 is 0 Å². The minimum absolute atomic E-state index is 0.168. The maximum atomic E-state index is 14.1. The number of halogens is 1. The number of nitrogens with one attached hydrogen (secondary N) is 1. The van der Waals surface area contributed by atoms with Crippen LogP contribution in [0.25, 0.3) is 0 Å². The van der Waals surface area contributed by atoms with E-state index in [0.717, 1.165) is 51.1 Å². The molecular weight excluding hydrogens is 387 g/mol. The SMILES string of the molecule is Fc1ccnc(C2(CCNCc3scc4c3CCC4)CCOC3(CCOC3)C2)c1. The van der Waals surface area contributed by atoms with Gasteiger partial charge in [-0.05, 0) is 73.7 Å². The van der Waals surface area contributed by atoms with Crippen LogP contribution in [0.3, 0.4) is 0 Å². The molecule has 0 aromatic carbocycles. The predicted octanol–water partition coefficient (Wildman–Crippen LogP) is 4.16. The number of fused-ring (bicyclic) bond motifs is 1. The lowest BCUT2D eigenvalue weighted by molar-refractivity contribution is -0.109. The second-order valence-corrected chi connectivity index (χ2v) is 9.81. The first kappa shape index (κ1) is 19.6. The molecule has 1 spiro atoms. The first-order valence-corrected chi connectivity index (χ1v) is 11.7. The summed E-state index contributed by atoms with van der Waals surface area (Å²) in [7, 11) is 0. The third kappa shape index (κ3) is 3.88. The van der Waals surface area contributed by atoms with E-state index in [-0.39, 0.29) is 16.8 Å². The summed E-state index contributed by atoms with van der Waals surface area (Å²) in [6.07, 6.45) is 8.94. The zero-order valence-electron chi connectivity index (χ0n) is 16.8. The van der Waals surface area contributed by atoms with E-state index in [0.29, 0.717) is 13.2 Å². The fourth-order valence-corrected chi connectivity index (χ4v) is 6.53. The van der Waals surface area contributed by atoms with Gasteiger partial charge in [0.15, 0.2) is 0 Å². The van der Waals surface area contributed by atoms with Crippen LogP contribution in [0.1, 0.15) is 53.8 Å². The maximum absolute atomic E-state index is 14.1. The number of ether oxygens (including phenoxy) is 2. The molecule has 2 unspecified atom stereocenters. The van der Waals surface area contributed by atoms with Crippen LogP contribution < -0.4 is 5.32 Å². The lowest BCUT2D eigenvalue weighted by Gasteiger charge is -2.45. The summed E-state index contributed by atoms with van der Waals surface area (Å²) < 4.78 is 25.9. The number of thiophene rings is 1. The van der Waals surface area contributed by atoms with Crippen LogP contribution in [0.15, 0.2) is 23.7 Å². The highest BCUT2D eigenvalue weighted by Crippen LogP contribution is 2.46. The topological polar surface area (TPSA) is 43.4 Å². The van der Waals surface area contributed by atoms with Crippen molar-refractivity contribution in [1.82, 2.24) is 10.3 Å². The number of nitrogens with zero attached hydrogens (tertiary/aromatic N) is 1. The Morgan fingerprint density at radius 2 is 2.21 bits per heavy atom. The molecular formula is C23H29FN2O2S. The molecule has 4 heterocycles. The molecule has 2 fully saturated rings. The molecule has 2 atom stereocenters. The summed E-state index contributed by atoms with van der Waals surface area (Å²) in [5, 5.41) is 6.00. The van der Waals surface area contributed by atoms with Gasteiger partial charge in [0.2, 0.25) is 0 Å². The Morgan fingerprint density at radius 1 is 1.24 bits per heavy atom. The van der Waals surface area contributed by atoms with Gasteiger partial charge in [0.1, 0.15) is 5.82 Å². The second kappa shape index (κ2) is 8.06. The molecule has 2 aromatic rings. The van der Waals surface area contributed by atoms with Crippen molar-refractivity contribution in [3.8, 4) is 0 Å². The summed E-state index contributed by atoms with van der Waals surface area (Å²) in [4.78, 5) is 6.09. The maximum Gasteiger partial charge on any atom is 0.126 e. The van der Waals surface area contributed by atoms with Gasteiger partial charge in [0.05, 0.1) is 12.2 Å². The van der Waals surface area contributed by atoms with E-state index >= 15 is 0 Å². The average Bonchev–Trinajstić information content (AvgIpc) is 3.44. The van der Waals surface area contributed by atoms with Crippen molar-refractivity contribution in [1.29, 1.82) is 0 Å². The molecule has 2 aliphatic heterocycles. The van der Waals surface area contributed by atoms with Crippen LogP contribution in [0.5, 0.6) is 0 Å². The number of hydrogen-bond acceptors (Lipinski definition) is 5. The molecule has 0 amide bonds. The van der Waals surface area contributed by atoms with Crippen molar-refractivity contribution in [3.63, 3.8) is 0 Å². The quantitative estimate of drug-likeness (QED) is 0.718. The van der Waals surface area contributed by atoms with E-state index in [1.54, 1.807) is 23.4 Å². The van der Waals surface area contributed by atoms with Gasteiger partial charge in [-0.1, -0.05) is 0 Å². The minimum atomic E-state index is -0.235. The third-order valence-corrected chi connectivity index (χ3v) is 8.07. The van der Waals surface area contributed by atoms with Crippen molar-refractivity contribution in [2.45, 2.75) is 62.5 Å². The van der Waals surface area contributed by atoms with Crippen molar-refractivity contribution in [3.05, 3.63) is 51.2 Å². The minimum Gasteiger partial charge on any atom is -0.378 e. The van der Waals surface area contributed by atoms with Gasteiger partial charge in [-0.15, -0.1) is 11.3 Å². The van der Waals surface area contributed by atoms with Gasteiger partial charge in [-0.25, -0.2) is 4.39 Å². The summed E-state index contributed by atoms with van der Waals surface area (Å²) in [6.45, 7) is 3.88. The average molecular weight is 417 g/mol. The van der Waals surface area contributed by atoms with Crippen molar-refractivity contribution < 1.29 is 13.9 Å². The van der Waals surface area contributed by atoms with Gasteiger partial charge >= 0.3 is 0 Å². The Labute approximate surface area is 175 Å². The lowest BCUT2D eigenvalue weighted by atomic mass is 9.68. The van der Waals surface area contributed by atoms with Crippen LogP contribution in [0.2, 0.25) is 0 Å². The number of hydrogen-bond donors (Lipinski definition) is 1. The molecule has 0 saturated carbocycles. The molecule has 2 aromatic heterocycles. The molecule has 3 aliphatic rings. The Kier molecular flexibility index (Phi) is 5.45. The van der Waals surface area contributed by atoms with Crippen molar-refractivity contribution >= 4 is 11.3 Å². The molecule has 0 radical (unpaired) electrons. The van der Waals surface area contributed by atoms with Crippen LogP contribution in [-0.4, -0.2) is 37.0 Å². The highest BCUT2D eigenvalue weighted by molar-refractivity contribution is 7.10. The monoisotopic (exact) mass is 416 g/mol. The fraction of sp³-hybridized carbons (Fsp3) is 0.609. The lowest BCUT2D eigenvalue weighted by Crippen LogP contribution is -2.49. The molecule has 5 rings (SSSR count). The normalized spacial score (nSPS) is 28.9. The highest BCUT2D eigenvalue weighted by Gasteiger charge is 2.49. The van der Waals surface area contributed by atoms with Gasteiger partial charge in [-0.2, -0.15) is 0 Å². The molecule has 0 bridgehead atoms. The Balaban J connectivity index is 1.30. The highest BCUT2D eigenvalue weighted by atomic mass is 32.1. The Hall–Kier alpha value is -1.34. The van der Waals surface area contributed by atoms with Gasteiger partial charge in [0.25, 0.3) is 0 Å². The first-order valence-electron chi connectivity index (χ1n) is 10.8. The predicted molar refractivity (Wildman–Crippen MR) is 112 cm³/mol. The number of rotatable bonds is 6. The molecule has 1 N–H and O–H groups in total. The molecule has 1 aliphatic carbocycles.